The molecule has 0 saturated carbocycles. The average Bonchev–Trinajstić information content (AvgIpc) is 2.74. The Kier molecular flexibility index (Phi) is 5.50. The molecular formula is C22H26N4O2+2. The lowest BCUT2D eigenvalue weighted by Gasteiger charge is -2.35. The van der Waals surface area contributed by atoms with Gasteiger partial charge < -0.3 is 9.80 Å². The van der Waals surface area contributed by atoms with Crippen LogP contribution in [0.4, 0.5) is 0 Å². The van der Waals surface area contributed by atoms with Crippen LogP contribution in [0.25, 0.3) is 0 Å². The van der Waals surface area contributed by atoms with Crippen molar-refractivity contribution in [3.63, 3.8) is 0 Å². The summed E-state index contributed by atoms with van der Waals surface area (Å²) in [4.78, 5) is 26.3. The molecule has 0 atom stereocenters. The largest absolute Gasteiger partial charge is 0.316 e. The maximum atomic E-state index is 12.0. The van der Waals surface area contributed by atoms with Gasteiger partial charge in [-0.15, -0.1) is 0 Å². The van der Waals surface area contributed by atoms with Gasteiger partial charge in [-0.25, -0.2) is 0 Å². The molecule has 0 spiro atoms. The minimum absolute atomic E-state index is 0.159. The Balaban J connectivity index is 1.50. The maximum absolute atomic E-state index is 12.0. The normalized spacial score (nSPS) is 19.6. The number of aromatic amines is 1. The molecule has 0 unspecified atom stereocenters. The number of hydrogen-bond donors (Lipinski definition) is 3. The van der Waals surface area contributed by atoms with Crippen LogP contribution in [-0.4, -0.2) is 36.0 Å². The minimum atomic E-state index is -0.239. The van der Waals surface area contributed by atoms with Crippen LogP contribution in [0.15, 0.2) is 82.4 Å². The molecule has 1 fully saturated rings. The molecule has 2 heterocycles. The number of H-pyrrole nitrogens is 1. The Morgan fingerprint density at radius 2 is 1.36 bits per heavy atom. The molecule has 1 aromatic heterocycles. The number of benzene rings is 2. The second-order valence-electron chi connectivity index (χ2n) is 7.40. The van der Waals surface area contributed by atoms with Crippen LogP contribution in [0.5, 0.6) is 0 Å². The fourth-order valence-electron chi connectivity index (χ4n) is 4.13. The van der Waals surface area contributed by atoms with E-state index in [0.717, 1.165) is 26.2 Å². The van der Waals surface area contributed by atoms with Gasteiger partial charge in [-0.05, 0) is 0 Å². The van der Waals surface area contributed by atoms with Crippen LogP contribution >= 0.6 is 0 Å². The van der Waals surface area contributed by atoms with Gasteiger partial charge in [0.1, 0.15) is 32.2 Å². The van der Waals surface area contributed by atoms with Crippen molar-refractivity contribution in [2.24, 2.45) is 0 Å². The zero-order valence-corrected chi connectivity index (χ0v) is 15.8. The zero-order valence-electron chi connectivity index (χ0n) is 15.8. The highest BCUT2D eigenvalue weighted by Crippen LogP contribution is 2.18. The van der Waals surface area contributed by atoms with Gasteiger partial charge in [0.2, 0.25) is 0 Å². The molecule has 1 aliphatic rings. The molecule has 2 aromatic carbocycles. The number of nitrogens with one attached hydrogen (secondary N) is 3. The number of quaternary nitrogens is 2. The molecule has 0 aliphatic carbocycles. The topological polar surface area (TPSA) is 63.7 Å². The molecule has 1 saturated heterocycles. The monoisotopic (exact) mass is 378 g/mol. The summed E-state index contributed by atoms with van der Waals surface area (Å²) >= 11 is 0. The van der Waals surface area contributed by atoms with Crippen LogP contribution in [0, 0.1) is 0 Å². The lowest BCUT2D eigenvalue weighted by molar-refractivity contribution is -1.03. The highest BCUT2D eigenvalue weighted by molar-refractivity contribution is 5.29. The Labute approximate surface area is 163 Å². The van der Waals surface area contributed by atoms with E-state index in [1.165, 1.54) is 37.7 Å². The maximum Gasteiger partial charge on any atom is 0.269 e. The zero-order chi connectivity index (χ0) is 19.3. The van der Waals surface area contributed by atoms with E-state index in [9.17, 15) is 9.59 Å². The van der Waals surface area contributed by atoms with Gasteiger partial charge in [0.25, 0.3) is 11.1 Å². The van der Waals surface area contributed by atoms with E-state index in [4.69, 9.17) is 0 Å². The summed E-state index contributed by atoms with van der Waals surface area (Å²) in [6.45, 7) is 4.43. The number of nitrogens with zero attached hydrogens (tertiary/aromatic N) is 1. The summed E-state index contributed by atoms with van der Waals surface area (Å²) in [6.07, 6.45) is 0. The molecular weight excluding hydrogens is 352 g/mol. The number of aromatic nitrogens is 2. The van der Waals surface area contributed by atoms with Crippen molar-refractivity contribution in [1.29, 1.82) is 0 Å². The third kappa shape index (κ3) is 4.13. The summed E-state index contributed by atoms with van der Waals surface area (Å²) in [7, 11) is 0. The Morgan fingerprint density at radius 3 is 1.93 bits per heavy atom. The molecule has 1 aliphatic heterocycles. The van der Waals surface area contributed by atoms with Crippen LogP contribution in [-0.2, 0) is 6.67 Å². The van der Waals surface area contributed by atoms with Gasteiger partial charge in [0.05, 0.1) is 0 Å². The van der Waals surface area contributed by atoms with Crippen molar-refractivity contribution in [2.75, 3.05) is 26.2 Å². The molecule has 28 heavy (non-hydrogen) atoms. The van der Waals surface area contributed by atoms with E-state index in [2.05, 4.69) is 65.8 Å². The Morgan fingerprint density at radius 1 is 0.786 bits per heavy atom. The van der Waals surface area contributed by atoms with E-state index < -0.39 is 0 Å². The van der Waals surface area contributed by atoms with Gasteiger partial charge in [-0.3, -0.25) is 14.7 Å². The molecule has 3 N–H and O–H groups in total. The first-order valence-corrected chi connectivity index (χ1v) is 9.79. The van der Waals surface area contributed by atoms with Gasteiger partial charge in [-0.1, -0.05) is 60.7 Å². The Bertz CT molecular complexity index is 966. The van der Waals surface area contributed by atoms with E-state index in [0.29, 0.717) is 12.7 Å². The summed E-state index contributed by atoms with van der Waals surface area (Å²) in [5.74, 6) is 0. The smallest absolute Gasteiger partial charge is 0.269 e. The second-order valence-corrected chi connectivity index (χ2v) is 7.40. The minimum Gasteiger partial charge on any atom is -0.316 e. The summed E-state index contributed by atoms with van der Waals surface area (Å²) in [5.41, 5.74) is 2.26. The summed E-state index contributed by atoms with van der Waals surface area (Å²) < 4.78 is 1.43. The number of hydrogen-bond acceptors (Lipinski definition) is 2. The van der Waals surface area contributed by atoms with Gasteiger partial charge in [0, 0.05) is 23.3 Å². The first kappa shape index (κ1) is 18.4. The van der Waals surface area contributed by atoms with Crippen molar-refractivity contribution in [1.82, 2.24) is 9.78 Å². The second kappa shape index (κ2) is 8.37. The fraction of sp³-hybridized carbons (Fsp3) is 0.273. The molecule has 4 rings (SSSR count). The lowest BCUT2D eigenvalue weighted by Crippen LogP contribution is -3.28. The number of rotatable bonds is 5. The molecule has 0 amide bonds. The van der Waals surface area contributed by atoms with Crippen LogP contribution in [0.1, 0.15) is 17.2 Å². The molecule has 0 bridgehead atoms. The fourth-order valence-corrected chi connectivity index (χ4v) is 4.13. The van der Waals surface area contributed by atoms with Crippen molar-refractivity contribution in [3.05, 3.63) is 105 Å². The molecule has 6 heteroatoms. The summed E-state index contributed by atoms with van der Waals surface area (Å²) in [6, 6.07) is 24.3. The van der Waals surface area contributed by atoms with Crippen molar-refractivity contribution < 1.29 is 9.80 Å². The summed E-state index contributed by atoms with van der Waals surface area (Å²) in [5, 5.41) is 2.63. The van der Waals surface area contributed by atoms with Gasteiger partial charge in [0.15, 0.2) is 6.67 Å². The first-order chi connectivity index (χ1) is 13.7. The van der Waals surface area contributed by atoms with E-state index in [1.54, 1.807) is 0 Å². The number of piperazine rings is 1. The van der Waals surface area contributed by atoms with E-state index in [1.807, 2.05) is 0 Å². The van der Waals surface area contributed by atoms with Crippen molar-refractivity contribution >= 4 is 0 Å². The molecule has 144 valence electrons. The highest BCUT2D eigenvalue weighted by atomic mass is 16.2. The predicted molar refractivity (Wildman–Crippen MR) is 107 cm³/mol. The Hall–Kier alpha value is -2.96. The van der Waals surface area contributed by atoms with Gasteiger partial charge >= 0.3 is 0 Å². The molecule has 3 aromatic rings. The third-order valence-electron chi connectivity index (χ3n) is 5.54. The third-order valence-corrected chi connectivity index (χ3v) is 5.54. The quantitative estimate of drug-likeness (QED) is 0.537. The molecule has 0 radical (unpaired) electrons. The van der Waals surface area contributed by atoms with Crippen LogP contribution in [0.2, 0.25) is 0 Å². The van der Waals surface area contributed by atoms with Crippen LogP contribution in [0.3, 0.4) is 0 Å². The SMILES string of the molecule is O=c1ccc(=O)n(C[NH+]2CC[NH+](C(c3ccccc3)c3ccccc3)CC2)[nH]1. The standard InChI is InChI=1S/C22H24N4O2/c27-20-11-12-21(28)26(23-20)17-24-13-15-25(16-14-24)22(18-7-3-1-4-8-18)19-9-5-2-6-10-19/h1-12,22H,13-17H2,(H,23,27)/p+2. The van der Waals surface area contributed by atoms with Crippen molar-refractivity contribution in [2.45, 2.75) is 12.7 Å². The molecule has 6 nitrogen and oxygen atoms in total. The van der Waals surface area contributed by atoms with Crippen LogP contribution < -0.4 is 20.9 Å². The highest BCUT2D eigenvalue weighted by Gasteiger charge is 2.31. The van der Waals surface area contributed by atoms with Gasteiger partial charge in [-0.2, -0.15) is 4.68 Å². The van der Waals surface area contributed by atoms with Crippen molar-refractivity contribution in [3.8, 4) is 0 Å². The lowest BCUT2D eigenvalue weighted by atomic mass is 9.96. The predicted octanol–water partition coefficient (Wildman–Crippen LogP) is -0.933. The van der Waals surface area contributed by atoms with E-state index in [-0.39, 0.29) is 11.1 Å². The average molecular weight is 378 g/mol. The first-order valence-electron chi connectivity index (χ1n) is 9.79. The van der Waals surface area contributed by atoms with E-state index >= 15 is 0 Å².